The number of nitrogens with zero attached hydrogens (tertiary/aromatic N) is 4. The molecule has 0 aliphatic heterocycles. The lowest BCUT2D eigenvalue weighted by Crippen LogP contribution is -2.28. The van der Waals surface area contributed by atoms with E-state index < -0.39 is 9.84 Å². The Bertz CT molecular complexity index is 1130. The molecule has 1 aromatic carbocycles. The maximum absolute atomic E-state index is 12.0. The van der Waals surface area contributed by atoms with Gasteiger partial charge in [-0.3, -0.25) is 0 Å². The van der Waals surface area contributed by atoms with Crippen molar-refractivity contribution in [3.05, 3.63) is 49.2 Å². The normalized spacial score (nSPS) is 18.7. The van der Waals surface area contributed by atoms with Crippen LogP contribution >= 0.6 is 12.4 Å². The second-order valence-electron chi connectivity index (χ2n) is 7.90. The van der Waals surface area contributed by atoms with Gasteiger partial charge in [0.2, 0.25) is 0 Å². The van der Waals surface area contributed by atoms with E-state index in [0.717, 1.165) is 36.9 Å². The molecule has 0 bridgehead atoms. The number of hydrogen-bond acceptors (Lipinski definition) is 7. The number of nitrogens with two attached hydrogens (primary N) is 1. The van der Waals surface area contributed by atoms with Crippen LogP contribution < -0.4 is 10.5 Å². The highest BCUT2D eigenvalue weighted by Gasteiger charge is 2.20. The third kappa shape index (κ3) is 5.46. The van der Waals surface area contributed by atoms with Gasteiger partial charge in [0, 0.05) is 17.8 Å². The summed E-state index contributed by atoms with van der Waals surface area (Å²) in [6, 6.07) is 7.00. The fraction of sp³-hybridized carbons (Fsp3) is 0.409. The second-order valence-corrected chi connectivity index (χ2v) is 10.2. The van der Waals surface area contributed by atoms with E-state index >= 15 is 0 Å². The van der Waals surface area contributed by atoms with Crippen molar-refractivity contribution in [3.63, 3.8) is 0 Å². The first kappa shape index (κ1) is 24.2. The number of ether oxygens (including phenoxy) is 1. The van der Waals surface area contributed by atoms with E-state index in [1.807, 2.05) is 6.20 Å². The van der Waals surface area contributed by atoms with Gasteiger partial charge in [0.05, 0.1) is 35.3 Å². The zero-order valence-electron chi connectivity index (χ0n) is 17.9. The molecule has 0 amide bonds. The maximum Gasteiger partial charge on any atom is 0.178 e. The summed E-state index contributed by atoms with van der Waals surface area (Å²) >= 11 is 0. The Kier molecular flexibility index (Phi) is 7.86. The van der Waals surface area contributed by atoms with Crippen LogP contribution in [0.5, 0.6) is 5.75 Å². The standard InChI is InChI=1S/C22H27N5O3S.ClH/c1-2-31(28,29)20-9-7-19(8-10-20)27-13-17(11-26-27)22-21(12-24-15-25-22)30-14-16-3-5-18(23)6-4-16;/h7-13,15-16,18H,2-6,14,23H2,1H3;1H. The Hall–Kier alpha value is -2.49. The first-order valence-corrected chi connectivity index (χ1v) is 12.2. The highest BCUT2D eigenvalue weighted by molar-refractivity contribution is 7.91. The van der Waals surface area contributed by atoms with Crippen LogP contribution in [-0.4, -0.2) is 46.6 Å². The summed E-state index contributed by atoms with van der Waals surface area (Å²) < 4.78 is 31.8. The first-order valence-electron chi connectivity index (χ1n) is 10.5. The lowest BCUT2D eigenvalue weighted by molar-refractivity contribution is 0.200. The number of hydrogen-bond donors (Lipinski definition) is 1. The number of benzene rings is 1. The molecule has 2 heterocycles. The van der Waals surface area contributed by atoms with E-state index in [2.05, 4.69) is 15.1 Å². The van der Waals surface area contributed by atoms with Gasteiger partial charge in [-0.1, -0.05) is 6.92 Å². The number of sulfone groups is 1. The van der Waals surface area contributed by atoms with Crippen LogP contribution in [0, 0.1) is 5.92 Å². The van der Waals surface area contributed by atoms with E-state index in [9.17, 15) is 8.42 Å². The SMILES string of the molecule is CCS(=O)(=O)c1ccc(-n2cc(-c3ncncc3OCC3CCC(N)CC3)cn2)cc1.Cl. The van der Waals surface area contributed by atoms with Gasteiger partial charge in [0.15, 0.2) is 15.6 Å². The molecule has 0 spiro atoms. The highest BCUT2D eigenvalue weighted by atomic mass is 35.5. The minimum Gasteiger partial charge on any atom is -0.489 e. The van der Waals surface area contributed by atoms with Gasteiger partial charge in [-0.05, 0) is 55.9 Å². The maximum atomic E-state index is 12.0. The Labute approximate surface area is 194 Å². The molecule has 0 radical (unpaired) electrons. The second kappa shape index (κ2) is 10.4. The summed E-state index contributed by atoms with van der Waals surface area (Å²) in [4.78, 5) is 8.82. The molecule has 32 heavy (non-hydrogen) atoms. The largest absolute Gasteiger partial charge is 0.489 e. The van der Waals surface area contributed by atoms with Crippen LogP contribution in [0.3, 0.4) is 0 Å². The summed E-state index contributed by atoms with van der Waals surface area (Å²) in [6.07, 6.45) is 11.0. The fourth-order valence-corrected chi connectivity index (χ4v) is 4.65. The third-order valence-corrected chi connectivity index (χ3v) is 7.49. The molecule has 1 aliphatic carbocycles. The minimum atomic E-state index is -3.23. The van der Waals surface area contributed by atoms with Crippen molar-refractivity contribution in [1.82, 2.24) is 19.7 Å². The summed E-state index contributed by atoms with van der Waals surface area (Å²) in [5, 5.41) is 4.41. The van der Waals surface area contributed by atoms with Crippen molar-refractivity contribution < 1.29 is 13.2 Å². The summed E-state index contributed by atoms with van der Waals surface area (Å²) in [7, 11) is -3.23. The van der Waals surface area contributed by atoms with E-state index in [0.29, 0.717) is 34.9 Å². The molecule has 1 fully saturated rings. The smallest absolute Gasteiger partial charge is 0.178 e. The lowest BCUT2D eigenvalue weighted by Gasteiger charge is -2.26. The minimum absolute atomic E-state index is 0. The molecule has 0 atom stereocenters. The molecule has 0 unspecified atom stereocenters. The summed E-state index contributed by atoms with van der Waals surface area (Å²) in [6.45, 7) is 2.25. The topological polar surface area (TPSA) is 113 Å². The third-order valence-electron chi connectivity index (χ3n) is 5.74. The predicted molar refractivity (Wildman–Crippen MR) is 125 cm³/mol. The molecule has 1 aliphatic rings. The quantitative estimate of drug-likeness (QED) is 0.554. The zero-order chi connectivity index (χ0) is 21.8. The molecule has 10 heteroatoms. The lowest BCUT2D eigenvalue weighted by atomic mass is 9.87. The van der Waals surface area contributed by atoms with Crippen molar-refractivity contribution in [2.24, 2.45) is 11.7 Å². The molecule has 2 N–H and O–H groups in total. The van der Waals surface area contributed by atoms with Crippen LogP contribution in [0.2, 0.25) is 0 Å². The molecule has 4 rings (SSSR count). The average Bonchev–Trinajstić information content (AvgIpc) is 3.29. The monoisotopic (exact) mass is 477 g/mol. The van der Waals surface area contributed by atoms with Gasteiger partial charge in [-0.15, -0.1) is 12.4 Å². The average molecular weight is 478 g/mol. The molecular weight excluding hydrogens is 450 g/mol. The van der Waals surface area contributed by atoms with Gasteiger partial charge in [0.1, 0.15) is 12.0 Å². The number of rotatable bonds is 7. The van der Waals surface area contributed by atoms with Crippen molar-refractivity contribution in [2.75, 3.05) is 12.4 Å². The summed E-state index contributed by atoms with van der Waals surface area (Å²) in [5.41, 5.74) is 8.23. The van der Waals surface area contributed by atoms with Crippen LogP contribution in [0.25, 0.3) is 16.9 Å². The van der Waals surface area contributed by atoms with E-state index in [1.54, 1.807) is 48.3 Å². The molecule has 3 aromatic rings. The Morgan fingerprint density at radius 2 is 1.84 bits per heavy atom. The van der Waals surface area contributed by atoms with E-state index in [-0.39, 0.29) is 18.2 Å². The Morgan fingerprint density at radius 3 is 2.53 bits per heavy atom. The van der Waals surface area contributed by atoms with Crippen molar-refractivity contribution in [3.8, 4) is 22.7 Å². The van der Waals surface area contributed by atoms with Gasteiger partial charge in [0.25, 0.3) is 0 Å². The number of aromatic nitrogens is 4. The number of halogens is 1. The molecule has 1 saturated carbocycles. The summed E-state index contributed by atoms with van der Waals surface area (Å²) in [5.74, 6) is 1.19. The molecule has 8 nitrogen and oxygen atoms in total. The van der Waals surface area contributed by atoms with Gasteiger partial charge in [-0.2, -0.15) is 5.10 Å². The van der Waals surface area contributed by atoms with Crippen LogP contribution in [-0.2, 0) is 9.84 Å². The highest BCUT2D eigenvalue weighted by Crippen LogP contribution is 2.29. The van der Waals surface area contributed by atoms with Crippen molar-refractivity contribution in [2.45, 2.75) is 43.5 Å². The van der Waals surface area contributed by atoms with E-state index in [4.69, 9.17) is 10.5 Å². The van der Waals surface area contributed by atoms with Gasteiger partial charge < -0.3 is 10.5 Å². The van der Waals surface area contributed by atoms with Gasteiger partial charge >= 0.3 is 0 Å². The Morgan fingerprint density at radius 1 is 1.12 bits per heavy atom. The molecule has 172 valence electrons. The zero-order valence-corrected chi connectivity index (χ0v) is 19.6. The molecule has 2 aromatic heterocycles. The van der Waals surface area contributed by atoms with Crippen molar-refractivity contribution >= 4 is 22.2 Å². The predicted octanol–water partition coefficient (Wildman–Crippen LogP) is 3.44. The molecule has 0 saturated heterocycles. The van der Waals surface area contributed by atoms with Crippen molar-refractivity contribution in [1.29, 1.82) is 0 Å². The van der Waals surface area contributed by atoms with Crippen LogP contribution in [0.4, 0.5) is 0 Å². The van der Waals surface area contributed by atoms with Crippen LogP contribution in [0.15, 0.2) is 54.1 Å². The Balaban J connectivity index is 0.00000289. The first-order chi connectivity index (χ1) is 15.0. The van der Waals surface area contributed by atoms with Gasteiger partial charge in [-0.25, -0.2) is 23.1 Å². The molecular formula is C22H28ClN5O3S. The fourth-order valence-electron chi connectivity index (χ4n) is 3.76. The van der Waals surface area contributed by atoms with Crippen LogP contribution in [0.1, 0.15) is 32.6 Å². The van der Waals surface area contributed by atoms with E-state index in [1.165, 1.54) is 6.33 Å².